The smallest absolute Gasteiger partial charge is 0.320 e. The Hall–Kier alpha value is -0.640. The maximum absolute atomic E-state index is 12.2. The zero-order valence-corrected chi connectivity index (χ0v) is 4.80. The predicted molar refractivity (Wildman–Crippen MR) is 28.9 cm³/mol. The molecule has 1 aliphatic heterocycles. The van der Waals surface area contributed by atoms with Crippen molar-refractivity contribution in [2.45, 2.75) is 18.6 Å². The van der Waals surface area contributed by atoms with Crippen molar-refractivity contribution < 1.29 is 14.3 Å². The molecule has 0 aliphatic carbocycles. The van der Waals surface area contributed by atoms with Gasteiger partial charge >= 0.3 is 5.97 Å². The van der Waals surface area contributed by atoms with Crippen molar-refractivity contribution in [3.05, 3.63) is 0 Å². The number of hydrogen-bond donors (Lipinski definition) is 2. The first-order valence-electron chi connectivity index (χ1n) is 2.80. The zero-order chi connectivity index (χ0) is 6.85. The van der Waals surface area contributed by atoms with Gasteiger partial charge in [0.2, 0.25) is 0 Å². The SMILES string of the molecule is O=[13C](O)[C@@H]1C[C@@H](F)CN1. The maximum Gasteiger partial charge on any atom is 0.320 e. The van der Waals surface area contributed by atoms with Crippen molar-refractivity contribution in [2.24, 2.45) is 0 Å². The van der Waals surface area contributed by atoms with Crippen LogP contribution in [0.15, 0.2) is 0 Å². The second kappa shape index (κ2) is 2.31. The summed E-state index contributed by atoms with van der Waals surface area (Å²) in [5, 5.41) is 10.8. The number of alkyl halides is 1. The first kappa shape index (κ1) is 6.48. The highest BCUT2D eigenvalue weighted by Crippen LogP contribution is 2.09. The standard InChI is InChI=1S/C5H8FNO2/c6-3-1-4(5(8)9)7-2-3/h3-4,7H,1-2H2,(H,8,9)/t3-,4+/m1/s1/i5+1. The van der Waals surface area contributed by atoms with Crippen LogP contribution in [0.3, 0.4) is 0 Å². The normalized spacial score (nSPS) is 34.8. The molecule has 0 amide bonds. The second-order valence-corrected chi connectivity index (χ2v) is 2.13. The van der Waals surface area contributed by atoms with Crippen LogP contribution in [0.5, 0.6) is 0 Å². The third-order valence-electron chi connectivity index (χ3n) is 1.38. The van der Waals surface area contributed by atoms with Gasteiger partial charge in [-0.15, -0.1) is 0 Å². The van der Waals surface area contributed by atoms with Gasteiger partial charge in [0, 0.05) is 13.0 Å². The summed E-state index contributed by atoms with van der Waals surface area (Å²) in [6.07, 6.45) is -0.874. The number of carboxylic acid groups (broad SMARTS) is 1. The van der Waals surface area contributed by atoms with Gasteiger partial charge in [-0.05, 0) is 0 Å². The van der Waals surface area contributed by atoms with Crippen molar-refractivity contribution in [1.82, 2.24) is 5.32 Å². The molecule has 1 rings (SSSR count). The van der Waals surface area contributed by atoms with Crippen LogP contribution >= 0.6 is 0 Å². The number of carbonyl (C=O) groups is 1. The Bertz CT molecular complexity index is 128. The lowest BCUT2D eigenvalue weighted by Gasteiger charge is -1.99. The van der Waals surface area contributed by atoms with E-state index < -0.39 is 18.2 Å². The molecule has 9 heavy (non-hydrogen) atoms. The maximum atomic E-state index is 12.2. The molecule has 1 aliphatic rings. The first-order valence-corrected chi connectivity index (χ1v) is 2.80. The van der Waals surface area contributed by atoms with Crippen LogP contribution in [0.2, 0.25) is 0 Å². The van der Waals surface area contributed by atoms with Crippen molar-refractivity contribution >= 4 is 5.97 Å². The van der Waals surface area contributed by atoms with E-state index in [1.54, 1.807) is 0 Å². The van der Waals surface area contributed by atoms with Crippen LogP contribution < -0.4 is 5.32 Å². The first-order chi connectivity index (χ1) is 4.20. The van der Waals surface area contributed by atoms with Gasteiger partial charge in [-0.25, -0.2) is 4.39 Å². The van der Waals surface area contributed by atoms with Crippen molar-refractivity contribution in [3.63, 3.8) is 0 Å². The summed E-state index contributed by atoms with van der Waals surface area (Å²) in [4.78, 5) is 10.1. The van der Waals surface area contributed by atoms with E-state index in [2.05, 4.69) is 5.32 Å². The molecular weight excluding hydrogens is 126 g/mol. The summed E-state index contributed by atoms with van der Waals surface area (Å²) in [6, 6.07) is -0.667. The minimum absolute atomic E-state index is 0.106. The van der Waals surface area contributed by atoms with Gasteiger partial charge in [0.15, 0.2) is 0 Å². The minimum Gasteiger partial charge on any atom is -0.480 e. The molecule has 0 aromatic carbocycles. The molecule has 0 aromatic rings. The summed E-state index contributed by atoms with van der Waals surface area (Å²) < 4.78 is 12.2. The number of hydrogen-bond acceptors (Lipinski definition) is 2. The molecule has 4 heteroatoms. The highest BCUT2D eigenvalue weighted by Gasteiger charge is 2.28. The van der Waals surface area contributed by atoms with Crippen molar-refractivity contribution in [1.29, 1.82) is 0 Å². The fourth-order valence-corrected chi connectivity index (χ4v) is 0.881. The number of aliphatic carboxylic acids is 1. The monoisotopic (exact) mass is 134 g/mol. The van der Waals surface area contributed by atoms with Gasteiger partial charge in [0.1, 0.15) is 12.2 Å². The Balaban J connectivity index is 2.39. The molecule has 0 spiro atoms. The average molecular weight is 134 g/mol. The fourth-order valence-electron chi connectivity index (χ4n) is 0.881. The summed E-state index contributed by atoms with van der Waals surface area (Å²) >= 11 is 0. The van der Waals surface area contributed by atoms with Gasteiger partial charge < -0.3 is 10.4 Å². The number of rotatable bonds is 1. The van der Waals surface area contributed by atoms with Gasteiger partial charge in [-0.3, -0.25) is 4.79 Å². The van der Waals surface area contributed by atoms with E-state index in [0.29, 0.717) is 0 Å². The van der Waals surface area contributed by atoms with Crippen LogP contribution in [0, 0.1) is 0 Å². The Morgan fingerprint density at radius 1 is 1.78 bits per heavy atom. The molecular formula is C5H8FNO2. The lowest BCUT2D eigenvalue weighted by Crippen LogP contribution is -2.29. The van der Waals surface area contributed by atoms with Gasteiger partial charge in [-0.2, -0.15) is 0 Å². The third-order valence-corrected chi connectivity index (χ3v) is 1.38. The summed E-state index contributed by atoms with van der Waals surface area (Å²) in [5.41, 5.74) is 0. The average Bonchev–Trinajstić information content (AvgIpc) is 2.14. The fraction of sp³-hybridized carbons (Fsp3) is 0.800. The lowest BCUT2D eigenvalue weighted by molar-refractivity contribution is -0.139. The molecule has 52 valence electrons. The molecule has 1 fully saturated rings. The molecule has 2 atom stereocenters. The summed E-state index contributed by atoms with van der Waals surface area (Å²) in [6.45, 7) is 0.178. The summed E-state index contributed by atoms with van der Waals surface area (Å²) in [7, 11) is 0. The molecule has 0 aromatic heterocycles. The van der Waals surface area contributed by atoms with E-state index in [4.69, 9.17) is 5.11 Å². The van der Waals surface area contributed by atoms with E-state index in [-0.39, 0.29) is 13.0 Å². The van der Waals surface area contributed by atoms with Gasteiger partial charge in [0.05, 0.1) is 0 Å². The Kier molecular flexibility index (Phi) is 1.66. The van der Waals surface area contributed by atoms with Crippen LogP contribution in [0.1, 0.15) is 6.42 Å². The number of halogens is 1. The van der Waals surface area contributed by atoms with E-state index in [1.807, 2.05) is 0 Å². The third kappa shape index (κ3) is 1.38. The van der Waals surface area contributed by atoms with Crippen LogP contribution in [0.25, 0.3) is 0 Å². The molecule has 1 heterocycles. The quantitative estimate of drug-likeness (QED) is 0.487. The molecule has 2 N–H and O–H groups in total. The van der Waals surface area contributed by atoms with Crippen LogP contribution in [0.4, 0.5) is 4.39 Å². The topological polar surface area (TPSA) is 49.3 Å². The van der Waals surface area contributed by atoms with Gasteiger partial charge in [-0.1, -0.05) is 0 Å². The van der Waals surface area contributed by atoms with Gasteiger partial charge in [0.25, 0.3) is 0 Å². The highest BCUT2D eigenvalue weighted by atomic mass is 19.1. The molecule has 0 unspecified atom stereocenters. The minimum atomic E-state index is -0.980. The van der Waals surface area contributed by atoms with E-state index in [0.717, 1.165) is 0 Å². The largest absolute Gasteiger partial charge is 0.480 e. The van der Waals surface area contributed by atoms with E-state index in [9.17, 15) is 9.18 Å². The molecule has 1 saturated heterocycles. The molecule has 0 saturated carbocycles. The van der Waals surface area contributed by atoms with E-state index >= 15 is 0 Å². The van der Waals surface area contributed by atoms with E-state index in [1.165, 1.54) is 0 Å². The Labute approximate surface area is 51.9 Å². The summed E-state index contributed by atoms with van der Waals surface area (Å²) in [5.74, 6) is -0.963. The van der Waals surface area contributed by atoms with Crippen LogP contribution in [-0.2, 0) is 4.79 Å². The molecule has 3 nitrogen and oxygen atoms in total. The predicted octanol–water partition coefficient (Wildman–Crippen LogP) is -0.229. The molecule has 0 bridgehead atoms. The highest BCUT2D eigenvalue weighted by molar-refractivity contribution is 5.73. The molecule has 0 radical (unpaired) electrons. The lowest BCUT2D eigenvalue weighted by atomic mass is 10.3. The number of carboxylic acids is 1. The van der Waals surface area contributed by atoms with Crippen LogP contribution in [-0.4, -0.2) is 29.8 Å². The Morgan fingerprint density at radius 2 is 2.44 bits per heavy atom. The second-order valence-electron chi connectivity index (χ2n) is 2.13. The number of nitrogens with one attached hydrogen (secondary N) is 1. The van der Waals surface area contributed by atoms with Crippen molar-refractivity contribution in [3.8, 4) is 0 Å². The zero-order valence-electron chi connectivity index (χ0n) is 4.80. The van der Waals surface area contributed by atoms with Crippen molar-refractivity contribution in [2.75, 3.05) is 6.54 Å². The Morgan fingerprint density at radius 3 is 2.67 bits per heavy atom.